The van der Waals surface area contributed by atoms with Crippen LogP contribution >= 0.6 is 11.6 Å². The molecular formula is C17H27ClN2O2. The minimum atomic E-state index is -0.205. The van der Waals surface area contributed by atoms with Crippen molar-refractivity contribution in [1.29, 1.82) is 0 Å². The average Bonchev–Trinajstić information content (AvgIpc) is 2.43. The Balaban J connectivity index is 2.49. The molecular weight excluding hydrogens is 300 g/mol. The maximum Gasteiger partial charge on any atom is 0.314 e. The zero-order valence-electron chi connectivity index (χ0n) is 13.9. The van der Waals surface area contributed by atoms with Crippen molar-refractivity contribution in [2.24, 2.45) is 5.41 Å². The average molecular weight is 327 g/mol. The van der Waals surface area contributed by atoms with Gasteiger partial charge in [-0.25, -0.2) is 4.79 Å². The maximum absolute atomic E-state index is 11.9. The minimum absolute atomic E-state index is 0.117. The number of aliphatic hydroxyl groups excluding tert-OH is 1. The molecule has 1 aromatic rings. The third-order valence-electron chi connectivity index (χ3n) is 3.81. The molecule has 124 valence electrons. The molecule has 1 rings (SSSR count). The fraction of sp³-hybridized carbons (Fsp3) is 0.588. The summed E-state index contributed by atoms with van der Waals surface area (Å²) in [6, 6.07) is 7.49. The van der Waals surface area contributed by atoms with Gasteiger partial charge in [0.2, 0.25) is 0 Å². The van der Waals surface area contributed by atoms with Crippen LogP contribution in [-0.4, -0.2) is 30.8 Å². The van der Waals surface area contributed by atoms with Crippen molar-refractivity contribution in [3.8, 4) is 0 Å². The third kappa shape index (κ3) is 6.24. The largest absolute Gasteiger partial charge is 0.396 e. The van der Waals surface area contributed by atoms with E-state index in [0.717, 1.165) is 5.56 Å². The SMILES string of the molecule is CC(C)(CCO)CNC(=O)NCC(C)(C)c1cccc(Cl)c1. The Morgan fingerprint density at radius 1 is 1.18 bits per heavy atom. The van der Waals surface area contributed by atoms with E-state index in [1.807, 2.05) is 38.1 Å². The Morgan fingerprint density at radius 2 is 1.82 bits per heavy atom. The van der Waals surface area contributed by atoms with Gasteiger partial charge < -0.3 is 15.7 Å². The Morgan fingerprint density at radius 3 is 2.41 bits per heavy atom. The highest BCUT2D eigenvalue weighted by atomic mass is 35.5. The molecule has 3 N–H and O–H groups in total. The smallest absolute Gasteiger partial charge is 0.314 e. The molecule has 0 saturated carbocycles. The lowest BCUT2D eigenvalue weighted by molar-refractivity contribution is 0.200. The fourth-order valence-electron chi connectivity index (χ4n) is 2.09. The van der Waals surface area contributed by atoms with Crippen LogP contribution in [0.1, 0.15) is 39.7 Å². The number of hydrogen-bond acceptors (Lipinski definition) is 2. The molecule has 2 amide bonds. The first-order valence-corrected chi connectivity index (χ1v) is 7.93. The number of benzene rings is 1. The van der Waals surface area contributed by atoms with Crippen LogP contribution in [0.4, 0.5) is 4.79 Å². The van der Waals surface area contributed by atoms with Crippen LogP contribution in [0.3, 0.4) is 0 Å². The summed E-state index contributed by atoms with van der Waals surface area (Å²) in [6.07, 6.45) is 0.654. The van der Waals surface area contributed by atoms with E-state index in [2.05, 4.69) is 24.5 Å². The summed E-state index contributed by atoms with van der Waals surface area (Å²) < 4.78 is 0. The number of urea groups is 1. The first kappa shape index (κ1) is 18.8. The van der Waals surface area contributed by atoms with Crippen LogP contribution in [0.5, 0.6) is 0 Å². The number of hydrogen-bond donors (Lipinski definition) is 3. The molecule has 0 aliphatic rings. The van der Waals surface area contributed by atoms with Crippen LogP contribution in [0.25, 0.3) is 0 Å². The molecule has 22 heavy (non-hydrogen) atoms. The Labute approximate surface area is 138 Å². The predicted octanol–water partition coefficient (Wildman–Crippen LogP) is 3.33. The van der Waals surface area contributed by atoms with Gasteiger partial charge in [0.15, 0.2) is 0 Å². The first-order chi connectivity index (χ1) is 10.2. The summed E-state index contributed by atoms with van der Waals surface area (Å²) in [5.74, 6) is 0. The van der Waals surface area contributed by atoms with E-state index in [1.54, 1.807) is 0 Å². The Bertz CT molecular complexity index is 501. The van der Waals surface area contributed by atoms with Gasteiger partial charge in [0, 0.05) is 30.1 Å². The highest BCUT2D eigenvalue weighted by molar-refractivity contribution is 6.30. The quantitative estimate of drug-likeness (QED) is 0.719. The Hall–Kier alpha value is -1.26. The first-order valence-electron chi connectivity index (χ1n) is 7.55. The van der Waals surface area contributed by atoms with Crippen molar-refractivity contribution in [1.82, 2.24) is 10.6 Å². The molecule has 0 atom stereocenters. The van der Waals surface area contributed by atoms with E-state index < -0.39 is 0 Å². The second kappa shape index (κ2) is 7.84. The van der Waals surface area contributed by atoms with Gasteiger partial charge >= 0.3 is 6.03 Å². The van der Waals surface area contributed by atoms with Gasteiger partial charge in [-0.2, -0.15) is 0 Å². The molecule has 0 fully saturated rings. The van der Waals surface area contributed by atoms with Crippen molar-refractivity contribution in [2.45, 2.75) is 39.5 Å². The normalized spacial score (nSPS) is 12.1. The summed E-state index contributed by atoms with van der Waals surface area (Å²) in [5, 5.41) is 15.4. The van der Waals surface area contributed by atoms with E-state index in [4.69, 9.17) is 16.7 Å². The second-order valence-corrected chi connectivity index (χ2v) is 7.50. The number of aliphatic hydroxyl groups is 1. The standard InChI is InChI=1S/C17H27ClN2O2/c1-16(2,8-9-21)11-19-15(22)20-12-17(3,4)13-6-5-7-14(18)10-13/h5-7,10,21H,8-9,11-12H2,1-4H3,(H2,19,20,22). The van der Waals surface area contributed by atoms with E-state index in [1.165, 1.54) is 0 Å². The number of rotatable bonds is 7. The predicted molar refractivity (Wildman–Crippen MR) is 91.4 cm³/mol. The molecule has 0 heterocycles. The zero-order valence-corrected chi connectivity index (χ0v) is 14.6. The summed E-state index contributed by atoms with van der Waals surface area (Å²) in [6.45, 7) is 9.32. The molecule has 0 unspecified atom stereocenters. The van der Waals surface area contributed by atoms with Crippen LogP contribution in [-0.2, 0) is 5.41 Å². The van der Waals surface area contributed by atoms with Gasteiger partial charge in [0.1, 0.15) is 0 Å². The van der Waals surface area contributed by atoms with Crippen molar-refractivity contribution in [3.05, 3.63) is 34.9 Å². The van der Waals surface area contributed by atoms with E-state index in [-0.39, 0.29) is 23.5 Å². The fourth-order valence-corrected chi connectivity index (χ4v) is 2.28. The molecule has 0 radical (unpaired) electrons. The monoisotopic (exact) mass is 326 g/mol. The van der Waals surface area contributed by atoms with E-state index >= 15 is 0 Å². The van der Waals surface area contributed by atoms with Crippen molar-refractivity contribution in [2.75, 3.05) is 19.7 Å². The lowest BCUT2D eigenvalue weighted by Gasteiger charge is -2.27. The molecule has 0 aliphatic carbocycles. The number of amides is 2. The van der Waals surface area contributed by atoms with Gasteiger partial charge in [-0.1, -0.05) is 51.4 Å². The molecule has 0 aromatic heterocycles. The van der Waals surface area contributed by atoms with Gasteiger partial charge in [-0.15, -0.1) is 0 Å². The molecule has 4 nitrogen and oxygen atoms in total. The lowest BCUT2D eigenvalue weighted by atomic mass is 9.84. The molecule has 5 heteroatoms. The zero-order chi connectivity index (χ0) is 16.8. The molecule has 0 bridgehead atoms. The highest BCUT2D eigenvalue weighted by Crippen LogP contribution is 2.24. The van der Waals surface area contributed by atoms with Gasteiger partial charge in [0.05, 0.1) is 0 Å². The van der Waals surface area contributed by atoms with Crippen LogP contribution < -0.4 is 10.6 Å². The van der Waals surface area contributed by atoms with Crippen LogP contribution in [0.2, 0.25) is 5.02 Å². The molecule has 0 saturated heterocycles. The number of halogens is 1. The summed E-state index contributed by atoms with van der Waals surface area (Å²) in [5.41, 5.74) is 0.762. The Kier molecular flexibility index (Phi) is 6.69. The van der Waals surface area contributed by atoms with Crippen molar-refractivity contribution >= 4 is 17.6 Å². The van der Waals surface area contributed by atoms with Gasteiger partial charge in [0.25, 0.3) is 0 Å². The van der Waals surface area contributed by atoms with Gasteiger partial charge in [-0.3, -0.25) is 0 Å². The van der Waals surface area contributed by atoms with Gasteiger partial charge in [-0.05, 0) is 29.5 Å². The summed E-state index contributed by atoms with van der Waals surface area (Å²) in [4.78, 5) is 11.9. The maximum atomic E-state index is 11.9. The van der Waals surface area contributed by atoms with Crippen LogP contribution in [0.15, 0.2) is 24.3 Å². The summed E-state index contributed by atoms with van der Waals surface area (Å²) >= 11 is 6.02. The van der Waals surface area contributed by atoms with E-state index in [0.29, 0.717) is 24.5 Å². The minimum Gasteiger partial charge on any atom is -0.396 e. The molecule has 1 aromatic carbocycles. The van der Waals surface area contributed by atoms with Crippen molar-refractivity contribution < 1.29 is 9.90 Å². The van der Waals surface area contributed by atoms with E-state index in [9.17, 15) is 4.79 Å². The second-order valence-electron chi connectivity index (χ2n) is 7.07. The number of carbonyl (C=O) groups is 1. The topological polar surface area (TPSA) is 61.4 Å². The van der Waals surface area contributed by atoms with Crippen LogP contribution in [0, 0.1) is 5.41 Å². The molecule has 0 spiro atoms. The summed E-state index contributed by atoms with van der Waals surface area (Å²) in [7, 11) is 0. The molecule has 0 aliphatic heterocycles. The third-order valence-corrected chi connectivity index (χ3v) is 4.05. The van der Waals surface area contributed by atoms with Crippen molar-refractivity contribution in [3.63, 3.8) is 0 Å². The number of nitrogens with one attached hydrogen (secondary N) is 2. The highest BCUT2D eigenvalue weighted by Gasteiger charge is 2.22. The number of carbonyl (C=O) groups excluding carboxylic acids is 1. The lowest BCUT2D eigenvalue weighted by Crippen LogP contribution is -2.45.